The molecule has 0 aliphatic carbocycles. The Morgan fingerprint density at radius 2 is 2.14 bits per heavy atom. The third-order valence-electron chi connectivity index (χ3n) is 2.66. The quantitative estimate of drug-likeness (QED) is 0.655. The second-order valence-electron chi connectivity index (χ2n) is 4.44. The fourth-order valence-corrected chi connectivity index (χ4v) is 1.80. The van der Waals surface area contributed by atoms with Crippen LogP contribution in [0.1, 0.15) is 16.8 Å². The van der Waals surface area contributed by atoms with E-state index in [0.717, 1.165) is 0 Å². The molecule has 3 N–H and O–H groups in total. The highest BCUT2D eigenvalue weighted by Crippen LogP contribution is 2.10. The van der Waals surface area contributed by atoms with E-state index in [1.54, 1.807) is 18.2 Å². The number of hydrogen-bond acceptors (Lipinski definition) is 4. The van der Waals surface area contributed by atoms with E-state index in [1.165, 1.54) is 13.2 Å². The smallest absolute Gasteiger partial charge is 0.251 e. The lowest BCUT2D eigenvalue weighted by molar-refractivity contribution is -0.120. The number of methoxy groups -OCH3 is 1. The summed E-state index contributed by atoms with van der Waals surface area (Å²) in [5.41, 5.74) is 0.394. The Hall–Kier alpha value is -1.63. The van der Waals surface area contributed by atoms with Gasteiger partial charge in [0, 0.05) is 24.2 Å². The first kappa shape index (κ1) is 17.4. The van der Waals surface area contributed by atoms with Gasteiger partial charge >= 0.3 is 0 Å². The maximum atomic E-state index is 11.8. The monoisotopic (exact) mass is 314 g/mol. The van der Waals surface area contributed by atoms with Gasteiger partial charge in [-0.2, -0.15) is 0 Å². The van der Waals surface area contributed by atoms with E-state index in [0.29, 0.717) is 23.6 Å². The minimum Gasteiger partial charge on any atom is -0.391 e. The van der Waals surface area contributed by atoms with Gasteiger partial charge in [0.2, 0.25) is 5.91 Å². The number of hydrogen-bond donors (Lipinski definition) is 3. The largest absolute Gasteiger partial charge is 0.391 e. The van der Waals surface area contributed by atoms with Crippen LogP contribution in [0.2, 0.25) is 5.02 Å². The second-order valence-corrected chi connectivity index (χ2v) is 4.88. The number of aliphatic hydroxyl groups excluding tert-OH is 1. The Morgan fingerprint density at radius 1 is 1.38 bits per heavy atom. The summed E-state index contributed by atoms with van der Waals surface area (Å²) >= 11 is 5.78. The summed E-state index contributed by atoms with van der Waals surface area (Å²) in [5, 5.41) is 14.9. The third kappa shape index (κ3) is 7.08. The molecular weight excluding hydrogens is 296 g/mol. The molecule has 116 valence electrons. The molecule has 0 radical (unpaired) electrons. The number of aliphatic hydroxyl groups is 1. The van der Waals surface area contributed by atoms with Gasteiger partial charge < -0.3 is 20.5 Å². The van der Waals surface area contributed by atoms with Crippen LogP contribution in [0.3, 0.4) is 0 Å². The molecule has 7 heteroatoms. The van der Waals surface area contributed by atoms with E-state index >= 15 is 0 Å². The van der Waals surface area contributed by atoms with Gasteiger partial charge in [0.15, 0.2) is 0 Å². The average Bonchev–Trinajstić information content (AvgIpc) is 2.45. The zero-order chi connectivity index (χ0) is 15.7. The maximum Gasteiger partial charge on any atom is 0.251 e. The van der Waals surface area contributed by atoms with Crippen molar-refractivity contribution < 1.29 is 19.4 Å². The molecular formula is C14H19ClN2O4. The summed E-state index contributed by atoms with van der Waals surface area (Å²) in [6.07, 6.45) is -0.224. The normalized spacial score (nSPS) is 11.8. The zero-order valence-electron chi connectivity index (χ0n) is 11.8. The lowest BCUT2D eigenvalue weighted by Gasteiger charge is -2.10. The molecule has 0 spiro atoms. The van der Waals surface area contributed by atoms with Crippen LogP contribution >= 0.6 is 11.6 Å². The van der Waals surface area contributed by atoms with Crippen molar-refractivity contribution >= 4 is 23.4 Å². The van der Waals surface area contributed by atoms with Gasteiger partial charge in [-0.1, -0.05) is 17.7 Å². The maximum absolute atomic E-state index is 11.8. The van der Waals surface area contributed by atoms with E-state index in [-0.39, 0.29) is 25.0 Å². The predicted molar refractivity (Wildman–Crippen MR) is 79.3 cm³/mol. The van der Waals surface area contributed by atoms with E-state index in [1.807, 2.05) is 0 Å². The van der Waals surface area contributed by atoms with Gasteiger partial charge in [0.05, 0.1) is 19.3 Å². The molecule has 0 aliphatic heterocycles. The molecule has 1 unspecified atom stereocenters. The number of halogens is 1. The molecule has 6 nitrogen and oxygen atoms in total. The molecule has 0 saturated carbocycles. The van der Waals surface area contributed by atoms with Crippen molar-refractivity contribution in [3.8, 4) is 0 Å². The first-order valence-electron chi connectivity index (χ1n) is 6.50. The first-order chi connectivity index (χ1) is 10.0. The summed E-state index contributed by atoms with van der Waals surface area (Å²) in [5.74, 6) is -0.693. The number of ether oxygens (including phenoxy) is 1. The third-order valence-corrected chi connectivity index (χ3v) is 2.89. The standard InChI is InChI=1S/C14H19ClN2O4/c1-21-9-12(18)5-6-16-13(19)8-17-14(20)10-3-2-4-11(15)7-10/h2-4,7,12,18H,5-6,8-9H2,1H3,(H,16,19)(H,17,20). The van der Waals surface area contributed by atoms with Gasteiger partial charge in [0.25, 0.3) is 5.91 Å². The summed E-state index contributed by atoms with van der Waals surface area (Å²) in [6.45, 7) is 0.406. The Morgan fingerprint density at radius 3 is 2.81 bits per heavy atom. The number of nitrogens with one attached hydrogen (secondary N) is 2. The molecule has 1 aromatic carbocycles. The lowest BCUT2D eigenvalue weighted by Crippen LogP contribution is -2.38. The van der Waals surface area contributed by atoms with Gasteiger partial charge in [-0.3, -0.25) is 9.59 Å². The van der Waals surface area contributed by atoms with Crippen LogP contribution in [0.25, 0.3) is 0 Å². The fraction of sp³-hybridized carbons (Fsp3) is 0.429. The van der Waals surface area contributed by atoms with Crippen LogP contribution in [0.4, 0.5) is 0 Å². The lowest BCUT2D eigenvalue weighted by atomic mass is 10.2. The Labute approximate surface area is 128 Å². The van der Waals surface area contributed by atoms with Crippen LogP contribution in [-0.2, 0) is 9.53 Å². The van der Waals surface area contributed by atoms with Crippen LogP contribution in [0.15, 0.2) is 24.3 Å². The van der Waals surface area contributed by atoms with E-state index < -0.39 is 6.10 Å². The van der Waals surface area contributed by atoms with Crippen LogP contribution in [-0.4, -0.2) is 49.8 Å². The van der Waals surface area contributed by atoms with Crippen molar-refractivity contribution in [2.45, 2.75) is 12.5 Å². The molecule has 21 heavy (non-hydrogen) atoms. The number of rotatable bonds is 8. The highest BCUT2D eigenvalue weighted by Gasteiger charge is 2.09. The topological polar surface area (TPSA) is 87.7 Å². The first-order valence-corrected chi connectivity index (χ1v) is 6.88. The number of carbonyl (C=O) groups excluding carboxylic acids is 2. The Bertz CT molecular complexity index is 482. The van der Waals surface area contributed by atoms with Crippen molar-refractivity contribution in [1.82, 2.24) is 10.6 Å². The molecule has 0 aliphatic rings. The molecule has 0 saturated heterocycles. The van der Waals surface area contributed by atoms with Gasteiger partial charge in [-0.05, 0) is 24.6 Å². The molecule has 1 atom stereocenters. The predicted octanol–water partition coefficient (Wildman–Crippen LogP) is 0.583. The second kappa shape index (κ2) is 9.33. The van der Waals surface area contributed by atoms with Gasteiger partial charge in [-0.15, -0.1) is 0 Å². The van der Waals surface area contributed by atoms with E-state index in [4.69, 9.17) is 16.3 Å². The molecule has 0 aromatic heterocycles. The van der Waals surface area contributed by atoms with Crippen molar-refractivity contribution in [2.75, 3.05) is 26.8 Å². The number of benzene rings is 1. The minimum absolute atomic E-state index is 0.133. The van der Waals surface area contributed by atoms with Crippen LogP contribution in [0, 0.1) is 0 Å². The van der Waals surface area contributed by atoms with Crippen molar-refractivity contribution in [3.63, 3.8) is 0 Å². The summed E-state index contributed by atoms with van der Waals surface area (Å²) < 4.78 is 4.77. The Balaban J connectivity index is 2.25. The van der Waals surface area contributed by atoms with Crippen molar-refractivity contribution in [1.29, 1.82) is 0 Å². The number of carbonyl (C=O) groups is 2. The summed E-state index contributed by atoms with van der Waals surface area (Å²) in [7, 11) is 1.49. The molecule has 2 amide bonds. The SMILES string of the molecule is COCC(O)CCNC(=O)CNC(=O)c1cccc(Cl)c1. The molecule has 1 rings (SSSR count). The highest BCUT2D eigenvalue weighted by molar-refractivity contribution is 6.30. The van der Waals surface area contributed by atoms with Crippen LogP contribution in [0.5, 0.6) is 0 Å². The van der Waals surface area contributed by atoms with E-state index in [2.05, 4.69) is 10.6 Å². The molecule has 0 heterocycles. The molecule has 1 aromatic rings. The van der Waals surface area contributed by atoms with Crippen molar-refractivity contribution in [2.24, 2.45) is 0 Å². The highest BCUT2D eigenvalue weighted by atomic mass is 35.5. The summed E-state index contributed by atoms with van der Waals surface area (Å²) in [6, 6.07) is 6.46. The minimum atomic E-state index is -0.614. The summed E-state index contributed by atoms with van der Waals surface area (Å²) in [4.78, 5) is 23.3. The molecule has 0 bridgehead atoms. The van der Waals surface area contributed by atoms with Gasteiger partial charge in [-0.25, -0.2) is 0 Å². The number of amides is 2. The van der Waals surface area contributed by atoms with E-state index in [9.17, 15) is 14.7 Å². The molecule has 0 fully saturated rings. The van der Waals surface area contributed by atoms with Crippen molar-refractivity contribution in [3.05, 3.63) is 34.9 Å². The Kier molecular flexibility index (Phi) is 7.74. The average molecular weight is 315 g/mol. The van der Waals surface area contributed by atoms with Gasteiger partial charge in [0.1, 0.15) is 0 Å². The fourth-order valence-electron chi connectivity index (χ4n) is 1.61. The van der Waals surface area contributed by atoms with Crippen LogP contribution < -0.4 is 10.6 Å². The zero-order valence-corrected chi connectivity index (χ0v) is 12.5.